The summed E-state index contributed by atoms with van der Waals surface area (Å²) in [6, 6.07) is 4.04. The van der Waals surface area contributed by atoms with Crippen molar-refractivity contribution in [1.82, 2.24) is 0 Å². The lowest BCUT2D eigenvalue weighted by atomic mass is 10.0. The molecule has 1 N–H and O–H groups in total. The van der Waals surface area contributed by atoms with Gasteiger partial charge in [0.15, 0.2) is 0 Å². The summed E-state index contributed by atoms with van der Waals surface area (Å²) < 4.78 is 11.5. The summed E-state index contributed by atoms with van der Waals surface area (Å²) in [5.41, 5.74) is 5.34. The monoisotopic (exact) mass is 269 g/mol. The summed E-state index contributed by atoms with van der Waals surface area (Å²) in [5, 5.41) is 14.7. The second kappa shape index (κ2) is 3.88. The van der Waals surface area contributed by atoms with Gasteiger partial charge in [0.25, 0.3) is 5.55 Å². The van der Waals surface area contributed by atoms with Crippen molar-refractivity contribution in [2.24, 2.45) is 5.16 Å². The molecule has 102 valence electrons. The van der Waals surface area contributed by atoms with Gasteiger partial charge in [-0.25, -0.2) is 0 Å². The Kier molecular flexibility index (Phi) is 2.25. The standard InChI is InChI=1S/C16H15NO3/c1-8-9(2)19-14-7-15-13(6-12(8)14)10-4-3-5-11(10)16(17-18)20-15/h6-7,18H,3-5H2,1-2H3/b17-16-. The van der Waals surface area contributed by atoms with E-state index in [4.69, 9.17) is 14.0 Å². The summed E-state index contributed by atoms with van der Waals surface area (Å²) >= 11 is 0. The van der Waals surface area contributed by atoms with Crippen molar-refractivity contribution >= 4 is 21.9 Å². The van der Waals surface area contributed by atoms with Gasteiger partial charge in [0.05, 0.1) is 0 Å². The van der Waals surface area contributed by atoms with Gasteiger partial charge in [-0.2, -0.15) is 0 Å². The number of fused-ring (bicyclic) bond motifs is 4. The Morgan fingerprint density at radius 2 is 1.75 bits per heavy atom. The molecule has 2 aromatic heterocycles. The van der Waals surface area contributed by atoms with E-state index in [0.29, 0.717) is 5.55 Å². The first-order chi connectivity index (χ1) is 9.69. The number of furan rings is 1. The topological polar surface area (TPSA) is 58.9 Å². The van der Waals surface area contributed by atoms with Crippen LogP contribution in [0.25, 0.3) is 21.9 Å². The van der Waals surface area contributed by atoms with Crippen molar-refractivity contribution in [1.29, 1.82) is 0 Å². The third-order valence-electron chi connectivity index (χ3n) is 4.38. The Morgan fingerprint density at radius 3 is 2.55 bits per heavy atom. The highest BCUT2D eigenvalue weighted by Gasteiger charge is 2.20. The van der Waals surface area contributed by atoms with Crippen molar-refractivity contribution < 1.29 is 14.0 Å². The Labute approximate surface area is 115 Å². The van der Waals surface area contributed by atoms with Gasteiger partial charge in [0.1, 0.15) is 16.9 Å². The van der Waals surface area contributed by atoms with Crippen LogP contribution in [0.1, 0.15) is 28.9 Å². The molecule has 4 heteroatoms. The smallest absolute Gasteiger partial charge is 0.259 e. The van der Waals surface area contributed by atoms with Crippen LogP contribution in [-0.4, -0.2) is 5.21 Å². The fraction of sp³-hybridized carbons (Fsp3) is 0.312. The van der Waals surface area contributed by atoms with Gasteiger partial charge in [-0.05, 0) is 55.5 Å². The fourth-order valence-electron chi connectivity index (χ4n) is 3.21. The Bertz CT molecular complexity index is 915. The van der Waals surface area contributed by atoms with Crippen LogP contribution in [0.5, 0.6) is 0 Å². The first-order valence-corrected chi connectivity index (χ1v) is 6.85. The van der Waals surface area contributed by atoms with Crippen LogP contribution < -0.4 is 5.55 Å². The van der Waals surface area contributed by atoms with Crippen LogP contribution in [0.4, 0.5) is 0 Å². The minimum absolute atomic E-state index is 0.337. The molecule has 0 spiro atoms. The molecule has 3 aromatic rings. The van der Waals surface area contributed by atoms with Gasteiger partial charge in [-0.1, -0.05) is 0 Å². The maximum atomic E-state index is 9.13. The Balaban J connectivity index is 2.21. The lowest BCUT2D eigenvalue weighted by Crippen LogP contribution is -2.09. The lowest BCUT2D eigenvalue weighted by molar-refractivity contribution is 0.275. The van der Waals surface area contributed by atoms with Crippen molar-refractivity contribution in [3.8, 4) is 0 Å². The van der Waals surface area contributed by atoms with E-state index in [2.05, 4.69) is 18.1 Å². The highest BCUT2D eigenvalue weighted by molar-refractivity contribution is 5.97. The zero-order chi connectivity index (χ0) is 13.9. The van der Waals surface area contributed by atoms with E-state index in [1.165, 1.54) is 11.1 Å². The number of benzene rings is 1. The SMILES string of the molecule is Cc1oc2cc3o/c(=N\O)c4c(c3cc2c1C)CCC4. The number of rotatable bonds is 0. The van der Waals surface area contributed by atoms with Gasteiger partial charge in [-0.15, -0.1) is 0 Å². The molecule has 4 nitrogen and oxygen atoms in total. The van der Waals surface area contributed by atoms with Gasteiger partial charge >= 0.3 is 0 Å². The van der Waals surface area contributed by atoms with Crippen LogP contribution >= 0.6 is 0 Å². The van der Waals surface area contributed by atoms with E-state index in [1.54, 1.807) is 0 Å². The summed E-state index contributed by atoms with van der Waals surface area (Å²) in [6.07, 6.45) is 3.00. The molecular weight excluding hydrogens is 254 g/mol. The van der Waals surface area contributed by atoms with Crippen LogP contribution in [0.2, 0.25) is 0 Å². The van der Waals surface area contributed by atoms with Crippen molar-refractivity contribution in [3.63, 3.8) is 0 Å². The molecule has 0 saturated heterocycles. The molecule has 0 saturated carbocycles. The van der Waals surface area contributed by atoms with E-state index in [0.717, 1.165) is 52.5 Å². The summed E-state index contributed by atoms with van der Waals surface area (Å²) in [5.74, 6) is 0.930. The number of hydrogen-bond acceptors (Lipinski definition) is 4. The first kappa shape index (κ1) is 11.6. The van der Waals surface area contributed by atoms with Crippen molar-refractivity contribution in [2.75, 3.05) is 0 Å². The molecule has 4 rings (SSSR count). The van der Waals surface area contributed by atoms with Gasteiger partial charge in [0.2, 0.25) is 0 Å². The summed E-state index contributed by atoms with van der Waals surface area (Å²) in [6.45, 7) is 4.04. The van der Waals surface area contributed by atoms with Crippen LogP contribution in [0.3, 0.4) is 0 Å². The number of aryl methyl sites for hydroxylation is 3. The first-order valence-electron chi connectivity index (χ1n) is 6.85. The highest BCUT2D eigenvalue weighted by Crippen LogP contribution is 2.33. The third-order valence-corrected chi connectivity index (χ3v) is 4.38. The molecule has 20 heavy (non-hydrogen) atoms. The Hall–Kier alpha value is -2.23. The molecule has 1 aliphatic carbocycles. The zero-order valence-electron chi connectivity index (χ0n) is 11.5. The summed E-state index contributed by atoms with van der Waals surface area (Å²) in [7, 11) is 0. The third kappa shape index (κ3) is 1.39. The van der Waals surface area contributed by atoms with Gasteiger partial charge in [-0.3, -0.25) is 0 Å². The molecule has 1 aliphatic rings. The predicted octanol–water partition coefficient (Wildman–Crippen LogP) is 3.57. The van der Waals surface area contributed by atoms with E-state index in [1.807, 2.05) is 13.0 Å². The molecule has 1 aromatic carbocycles. The van der Waals surface area contributed by atoms with E-state index < -0.39 is 0 Å². The molecule has 0 fully saturated rings. The van der Waals surface area contributed by atoms with E-state index in [9.17, 15) is 0 Å². The normalized spacial score (nSPS) is 15.4. The maximum absolute atomic E-state index is 9.13. The molecule has 2 heterocycles. The highest BCUT2D eigenvalue weighted by atomic mass is 16.5. The lowest BCUT2D eigenvalue weighted by Gasteiger charge is -2.05. The molecule has 0 bridgehead atoms. The minimum Gasteiger partial charge on any atom is -0.461 e. The average molecular weight is 269 g/mol. The molecular formula is C16H15NO3. The molecule has 0 aliphatic heterocycles. The van der Waals surface area contributed by atoms with Crippen LogP contribution in [0, 0.1) is 13.8 Å². The maximum Gasteiger partial charge on any atom is 0.259 e. The molecule has 0 amide bonds. The van der Waals surface area contributed by atoms with Crippen LogP contribution in [-0.2, 0) is 12.8 Å². The van der Waals surface area contributed by atoms with E-state index in [-0.39, 0.29) is 0 Å². The molecule has 0 radical (unpaired) electrons. The predicted molar refractivity (Wildman–Crippen MR) is 74.8 cm³/mol. The van der Waals surface area contributed by atoms with Crippen molar-refractivity contribution in [2.45, 2.75) is 33.1 Å². The van der Waals surface area contributed by atoms with E-state index >= 15 is 0 Å². The van der Waals surface area contributed by atoms with Crippen LogP contribution in [0.15, 0.2) is 26.1 Å². The van der Waals surface area contributed by atoms with Gasteiger partial charge in [0, 0.05) is 22.4 Å². The second-order valence-electron chi connectivity index (χ2n) is 5.45. The number of hydrogen-bond donors (Lipinski definition) is 1. The second-order valence-corrected chi connectivity index (χ2v) is 5.45. The minimum atomic E-state index is 0.337. The fourth-order valence-corrected chi connectivity index (χ4v) is 3.21. The zero-order valence-corrected chi connectivity index (χ0v) is 11.5. The number of nitrogens with zero attached hydrogens (tertiary/aromatic N) is 1. The van der Waals surface area contributed by atoms with Crippen molar-refractivity contribution in [3.05, 3.63) is 40.1 Å². The molecule has 0 atom stereocenters. The quantitative estimate of drug-likeness (QED) is 0.501. The summed E-state index contributed by atoms with van der Waals surface area (Å²) in [4.78, 5) is 0. The Morgan fingerprint density at radius 1 is 1.00 bits per heavy atom. The molecule has 0 unspecified atom stereocenters. The average Bonchev–Trinajstić information content (AvgIpc) is 3.03. The van der Waals surface area contributed by atoms with Gasteiger partial charge < -0.3 is 14.0 Å². The largest absolute Gasteiger partial charge is 0.461 e.